The summed E-state index contributed by atoms with van der Waals surface area (Å²) in [4.78, 5) is 25.8. The lowest BCUT2D eigenvalue weighted by Gasteiger charge is -2.21. The zero-order chi connectivity index (χ0) is 15.8. The van der Waals surface area contributed by atoms with Crippen LogP contribution in [0.3, 0.4) is 0 Å². The maximum absolute atomic E-state index is 11.9. The standard InChI is InChI=1S/C13H24N6O2/c1-5-7-21-13-17-11(14)16-12(18-13)19(6-2)8-10(20)15-9(3)4/h9H,5-8H2,1-4H3,(H,15,20)(H2,14,16,17,18). The van der Waals surface area contributed by atoms with Crippen molar-refractivity contribution in [3.63, 3.8) is 0 Å². The fourth-order valence-electron chi connectivity index (χ4n) is 1.63. The van der Waals surface area contributed by atoms with Crippen LogP contribution in [0.5, 0.6) is 6.01 Å². The molecule has 1 heterocycles. The fourth-order valence-corrected chi connectivity index (χ4v) is 1.63. The van der Waals surface area contributed by atoms with Gasteiger partial charge in [0.1, 0.15) is 0 Å². The quantitative estimate of drug-likeness (QED) is 0.723. The number of likely N-dealkylation sites (N-methyl/N-ethyl adjacent to an activating group) is 1. The molecule has 0 aliphatic rings. The number of hydrogen-bond acceptors (Lipinski definition) is 7. The third kappa shape index (κ3) is 5.80. The molecule has 1 rings (SSSR count). The second-order valence-electron chi connectivity index (χ2n) is 4.86. The molecule has 0 aliphatic carbocycles. The van der Waals surface area contributed by atoms with E-state index in [1.807, 2.05) is 27.7 Å². The van der Waals surface area contributed by atoms with E-state index in [9.17, 15) is 4.79 Å². The maximum atomic E-state index is 11.9. The number of nitrogens with zero attached hydrogens (tertiary/aromatic N) is 4. The van der Waals surface area contributed by atoms with Gasteiger partial charge in [0.2, 0.25) is 17.8 Å². The fraction of sp³-hybridized carbons (Fsp3) is 0.692. The van der Waals surface area contributed by atoms with Crippen molar-refractivity contribution in [1.82, 2.24) is 20.3 Å². The number of nitrogen functional groups attached to an aromatic ring is 1. The second-order valence-corrected chi connectivity index (χ2v) is 4.86. The molecule has 1 aromatic heterocycles. The molecule has 0 fully saturated rings. The molecule has 3 N–H and O–H groups in total. The van der Waals surface area contributed by atoms with Crippen LogP contribution in [-0.2, 0) is 4.79 Å². The monoisotopic (exact) mass is 296 g/mol. The first kappa shape index (κ1) is 16.9. The van der Waals surface area contributed by atoms with Crippen molar-refractivity contribution in [2.24, 2.45) is 0 Å². The normalized spacial score (nSPS) is 10.5. The summed E-state index contributed by atoms with van der Waals surface area (Å²) in [6, 6.07) is 0.269. The number of carbonyl (C=O) groups excluding carboxylic acids is 1. The highest BCUT2D eigenvalue weighted by atomic mass is 16.5. The van der Waals surface area contributed by atoms with Crippen LogP contribution in [0, 0.1) is 0 Å². The Bertz CT molecular complexity index is 466. The van der Waals surface area contributed by atoms with Crippen molar-refractivity contribution in [1.29, 1.82) is 0 Å². The number of rotatable bonds is 8. The smallest absolute Gasteiger partial charge is 0.323 e. The Morgan fingerprint density at radius 3 is 2.62 bits per heavy atom. The topological polar surface area (TPSA) is 106 Å². The van der Waals surface area contributed by atoms with Crippen molar-refractivity contribution in [3.8, 4) is 6.01 Å². The summed E-state index contributed by atoms with van der Waals surface area (Å²) < 4.78 is 5.37. The molecule has 1 aromatic rings. The van der Waals surface area contributed by atoms with Crippen LogP contribution in [0.2, 0.25) is 0 Å². The zero-order valence-corrected chi connectivity index (χ0v) is 13.1. The van der Waals surface area contributed by atoms with Gasteiger partial charge in [-0.1, -0.05) is 6.92 Å². The van der Waals surface area contributed by atoms with E-state index in [0.717, 1.165) is 6.42 Å². The molecule has 118 valence electrons. The second kappa shape index (κ2) is 8.23. The van der Waals surface area contributed by atoms with Gasteiger partial charge in [-0.15, -0.1) is 0 Å². The van der Waals surface area contributed by atoms with Crippen molar-refractivity contribution in [2.45, 2.75) is 40.2 Å². The molecule has 0 radical (unpaired) electrons. The van der Waals surface area contributed by atoms with Gasteiger partial charge in [0, 0.05) is 12.6 Å². The third-order valence-corrected chi connectivity index (χ3v) is 2.50. The Labute approximate surface area is 125 Å². The minimum absolute atomic E-state index is 0.0776. The number of amides is 1. The number of anilines is 2. The van der Waals surface area contributed by atoms with Crippen molar-refractivity contribution >= 4 is 17.8 Å². The van der Waals surface area contributed by atoms with Gasteiger partial charge in [-0.25, -0.2) is 0 Å². The highest BCUT2D eigenvalue weighted by Gasteiger charge is 2.15. The SMILES string of the molecule is CCCOc1nc(N)nc(N(CC)CC(=O)NC(C)C)n1. The molecule has 0 spiro atoms. The van der Waals surface area contributed by atoms with Gasteiger partial charge in [0.25, 0.3) is 0 Å². The summed E-state index contributed by atoms with van der Waals surface area (Å²) in [5.41, 5.74) is 5.67. The van der Waals surface area contributed by atoms with Crippen LogP contribution in [0.25, 0.3) is 0 Å². The first-order valence-electron chi connectivity index (χ1n) is 7.14. The van der Waals surface area contributed by atoms with E-state index in [1.165, 1.54) is 0 Å². The van der Waals surface area contributed by atoms with E-state index >= 15 is 0 Å². The molecule has 0 aliphatic heterocycles. The lowest BCUT2D eigenvalue weighted by atomic mass is 10.4. The molecule has 0 atom stereocenters. The number of ether oxygens (including phenoxy) is 1. The van der Waals surface area contributed by atoms with Gasteiger partial charge < -0.3 is 20.7 Å². The predicted molar refractivity (Wildman–Crippen MR) is 81.2 cm³/mol. The summed E-state index contributed by atoms with van der Waals surface area (Å²) in [6.45, 7) is 8.95. The number of nitrogens with two attached hydrogens (primary N) is 1. The third-order valence-electron chi connectivity index (χ3n) is 2.50. The molecule has 0 saturated heterocycles. The summed E-state index contributed by atoms with van der Waals surface area (Å²) in [5.74, 6) is 0.325. The van der Waals surface area contributed by atoms with Crippen LogP contribution in [0.15, 0.2) is 0 Å². The number of hydrogen-bond donors (Lipinski definition) is 2. The van der Waals surface area contributed by atoms with Gasteiger partial charge in [0.15, 0.2) is 0 Å². The van der Waals surface area contributed by atoms with Gasteiger partial charge >= 0.3 is 6.01 Å². The molecule has 1 amide bonds. The lowest BCUT2D eigenvalue weighted by Crippen LogP contribution is -2.40. The molecular formula is C13H24N6O2. The van der Waals surface area contributed by atoms with E-state index in [4.69, 9.17) is 10.5 Å². The summed E-state index contributed by atoms with van der Waals surface area (Å²) in [7, 11) is 0. The molecule has 21 heavy (non-hydrogen) atoms. The molecule has 0 aromatic carbocycles. The maximum Gasteiger partial charge on any atom is 0.323 e. The Kier molecular flexibility index (Phi) is 6.64. The van der Waals surface area contributed by atoms with Crippen LogP contribution in [0.4, 0.5) is 11.9 Å². The minimum atomic E-state index is -0.0955. The summed E-state index contributed by atoms with van der Waals surface area (Å²) >= 11 is 0. The van der Waals surface area contributed by atoms with Crippen LogP contribution < -0.4 is 20.7 Å². The van der Waals surface area contributed by atoms with Crippen molar-refractivity contribution in [2.75, 3.05) is 30.3 Å². The Balaban J connectivity index is 2.84. The molecule has 0 saturated carbocycles. The van der Waals surface area contributed by atoms with Crippen LogP contribution >= 0.6 is 0 Å². The van der Waals surface area contributed by atoms with Gasteiger partial charge in [0.05, 0.1) is 13.2 Å². The highest BCUT2D eigenvalue weighted by molar-refractivity contribution is 5.81. The highest BCUT2D eigenvalue weighted by Crippen LogP contribution is 2.13. The molecule has 8 nitrogen and oxygen atoms in total. The zero-order valence-electron chi connectivity index (χ0n) is 13.1. The number of carbonyl (C=O) groups is 1. The van der Waals surface area contributed by atoms with Crippen LogP contribution in [0.1, 0.15) is 34.1 Å². The molecule has 8 heteroatoms. The number of nitrogens with one attached hydrogen (secondary N) is 1. The summed E-state index contributed by atoms with van der Waals surface area (Å²) in [5, 5.41) is 2.83. The van der Waals surface area contributed by atoms with Gasteiger partial charge in [-0.2, -0.15) is 15.0 Å². The first-order valence-corrected chi connectivity index (χ1v) is 7.14. The van der Waals surface area contributed by atoms with Crippen LogP contribution in [-0.4, -0.2) is 46.6 Å². The molecule has 0 unspecified atom stereocenters. The molecular weight excluding hydrogens is 272 g/mol. The van der Waals surface area contributed by atoms with Crippen molar-refractivity contribution < 1.29 is 9.53 Å². The van der Waals surface area contributed by atoms with Gasteiger partial charge in [-0.3, -0.25) is 4.79 Å². The molecule has 0 bridgehead atoms. The van der Waals surface area contributed by atoms with E-state index in [1.54, 1.807) is 4.90 Å². The van der Waals surface area contributed by atoms with E-state index in [0.29, 0.717) is 19.1 Å². The Morgan fingerprint density at radius 1 is 1.33 bits per heavy atom. The Hall–Kier alpha value is -2.12. The van der Waals surface area contributed by atoms with Gasteiger partial charge in [-0.05, 0) is 27.2 Å². The largest absolute Gasteiger partial charge is 0.463 e. The minimum Gasteiger partial charge on any atom is -0.463 e. The Morgan fingerprint density at radius 2 is 2.05 bits per heavy atom. The average Bonchev–Trinajstić information content (AvgIpc) is 2.41. The lowest BCUT2D eigenvalue weighted by molar-refractivity contribution is -0.120. The average molecular weight is 296 g/mol. The summed E-state index contributed by atoms with van der Waals surface area (Å²) in [6.07, 6.45) is 0.842. The van der Waals surface area contributed by atoms with E-state index < -0.39 is 0 Å². The van der Waals surface area contributed by atoms with E-state index in [2.05, 4.69) is 20.3 Å². The number of aromatic nitrogens is 3. The predicted octanol–water partition coefficient (Wildman–Crippen LogP) is 0.594. The van der Waals surface area contributed by atoms with Crippen molar-refractivity contribution in [3.05, 3.63) is 0 Å². The first-order chi connectivity index (χ1) is 9.96. The van der Waals surface area contributed by atoms with E-state index in [-0.39, 0.29) is 30.5 Å².